The molecule has 2 rings (SSSR count). The van der Waals surface area contributed by atoms with E-state index in [2.05, 4.69) is 27.3 Å². The average Bonchev–Trinajstić information content (AvgIpc) is 2.73. The highest BCUT2D eigenvalue weighted by molar-refractivity contribution is 9.11. The van der Waals surface area contributed by atoms with Crippen molar-refractivity contribution in [2.24, 2.45) is 0 Å². The van der Waals surface area contributed by atoms with Crippen LogP contribution >= 0.6 is 27.3 Å². The third-order valence-corrected chi connectivity index (χ3v) is 5.35. The molecule has 0 aliphatic carbocycles. The Hall–Kier alpha value is -0.780. The molecule has 0 radical (unpaired) electrons. The first-order valence-corrected chi connectivity index (χ1v) is 8.05. The number of rotatable bonds is 5. The van der Waals surface area contributed by atoms with E-state index in [0.717, 1.165) is 26.8 Å². The van der Waals surface area contributed by atoms with Crippen LogP contribution in [0, 0.1) is 18.6 Å². The molecule has 1 heterocycles. The molecular formula is C15H16BrF2NS. The van der Waals surface area contributed by atoms with Crippen LogP contribution in [0.5, 0.6) is 0 Å². The molecule has 0 spiro atoms. The van der Waals surface area contributed by atoms with Gasteiger partial charge in [0.15, 0.2) is 0 Å². The number of thiophene rings is 1. The maximum atomic E-state index is 13.8. The molecule has 2 aromatic rings. The lowest BCUT2D eigenvalue weighted by molar-refractivity contribution is 0.527. The topological polar surface area (TPSA) is 12.0 Å². The van der Waals surface area contributed by atoms with Crippen molar-refractivity contribution in [3.8, 4) is 0 Å². The van der Waals surface area contributed by atoms with E-state index in [4.69, 9.17) is 0 Å². The van der Waals surface area contributed by atoms with Gasteiger partial charge in [0.1, 0.15) is 11.6 Å². The van der Waals surface area contributed by atoms with Crippen LogP contribution in [0.4, 0.5) is 8.78 Å². The fourth-order valence-corrected chi connectivity index (χ4v) is 3.74. The molecule has 1 nitrogen and oxygen atoms in total. The van der Waals surface area contributed by atoms with Gasteiger partial charge in [-0.3, -0.25) is 0 Å². The largest absolute Gasteiger partial charge is 0.309 e. The molecule has 0 amide bonds. The van der Waals surface area contributed by atoms with Gasteiger partial charge < -0.3 is 5.32 Å². The van der Waals surface area contributed by atoms with Gasteiger partial charge in [-0.05, 0) is 71.2 Å². The fourth-order valence-electron chi connectivity index (χ4n) is 2.09. The van der Waals surface area contributed by atoms with Gasteiger partial charge >= 0.3 is 0 Å². The lowest BCUT2D eigenvalue weighted by Crippen LogP contribution is -2.22. The summed E-state index contributed by atoms with van der Waals surface area (Å²) in [6, 6.07) is 5.68. The van der Waals surface area contributed by atoms with Crippen molar-refractivity contribution in [3.63, 3.8) is 0 Å². The minimum atomic E-state index is -0.403. The average molecular weight is 360 g/mol. The Labute approximate surface area is 130 Å². The van der Waals surface area contributed by atoms with E-state index in [1.54, 1.807) is 11.3 Å². The first-order chi connectivity index (χ1) is 9.51. The molecule has 20 heavy (non-hydrogen) atoms. The number of benzene rings is 1. The standard InChI is InChI=1S/C15H16BrF2NS/c1-3-19-13(14-6-9(2)15(16)20-14)8-10-7-11(17)4-5-12(10)18/h4-7,13,19H,3,8H2,1-2H3. The molecule has 0 bridgehead atoms. The van der Waals surface area contributed by atoms with Crippen molar-refractivity contribution >= 4 is 27.3 Å². The Balaban J connectivity index is 2.27. The second kappa shape index (κ2) is 6.78. The summed E-state index contributed by atoms with van der Waals surface area (Å²) in [5, 5.41) is 3.34. The smallest absolute Gasteiger partial charge is 0.126 e. The Morgan fingerprint density at radius 1 is 1.30 bits per heavy atom. The van der Waals surface area contributed by atoms with Gasteiger partial charge in [0, 0.05) is 10.9 Å². The van der Waals surface area contributed by atoms with Gasteiger partial charge in [-0.2, -0.15) is 0 Å². The van der Waals surface area contributed by atoms with Crippen molar-refractivity contribution in [2.75, 3.05) is 6.54 Å². The van der Waals surface area contributed by atoms with E-state index < -0.39 is 5.82 Å². The molecule has 0 saturated carbocycles. The van der Waals surface area contributed by atoms with Crippen molar-refractivity contribution in [3.05, 3.63) is 55.7 Å². The molecule has 108 valence electrons. The molecule has 1 unspecified atom stereocenters. The maximum absolute atomic E-state index is 13.8. The van der Waals surface area contributed by atoms with Crippen LogP contribution in [0.25, 0.3) is 0 Å². The van der Waals surface area contributed by atoms with Gasteiger partial charge in [-0.1, -0.05) is 6.92 Å². The zero-order chi connectivity index (χ0) is 14.7. The maximum Gasteiger partial charge on any atom is 0.126 e. The van der Waals surface area contributed by atoms with E-state index in [1.165, 1.54) is 12.1 Å². The highest BCUT2D eigenvalue weighted by atomic mass is 79.9. The van der Waals surface area contributed by atoms with Crippen molar-refractivity contribution in [1.29, 1.82) is 0 Å². The Morgan fingerprint density at radius 2 is 2.05 bits per heavy atom. The number of nitrogens with one attached hydrogen (secondary N) is 1. The Morgan fingerprint density at radius 3 is 2.65 bits per heavy atom. The molecule has 1 N–H and O–H groups in total. The number of likely N-dealkylation sites (N-methyl/N-ethyl adjacent to an activating group) is 1. The van der Waals surface area contributed by atoms with Crippen LogP contribution in [-0.4, -0.2) is 6.54 Å². The zero-order valence-electron chi connectivity index (χ0n) is 11.3. The minimum absolute atomic E-state index is 0.00806. The highest BCUT2D eigenvalue weighted by Crippen LogP contribution is 2.33. The second-order valence-corrected chi connectivity index (χ2v) is 7.06. The van der Waals surface area contributed by atoms with Crippen LogP contribution in [0.2, 0.25) is 0 Å². The summed E-state index contributed by atoms with van der Waals surface area (Å²) < 4.78 is 28.1. The van der Waals surface area contributed by atoms with E-state index in [0.29, 0.717) is 12.0 Å². The lowest BCUT2D eigenvalue weighted by Gasteiger charge is -2.17. The van der Waals surface area contributed by atoms with Crippen molar-refractivity contribution in [2.45, 2.75) is 26.3 Å². The Kier molecular flexibility index (Phi) is 5.29. The van der Waals surface area contributed by atoms with Crippen LogP contribution in [0.15, 0.2) is 28.1 Å². The monoisotopic (exact) mass is 359 g/mol. The van der Waals surface area contributed by atoms with Crippen LogP contribution in [-0.2, 0) is 6.42 Å². The lowest BCUT2D eigenvalue weighted by atomic mass is 10.0. The minimum Gasteiger partial charge on any atom is -0.309 e. The number of hydrogen-bond acceptors (Lipinski definition) is 2. The SMILES string of the molecule is CCNC(Cc1cc(F)ccc1F)c1cc(C)c(Br)s1. The zero-order valence-corrected chi connectivity index (χ0v) is 13.7. The third kappa shape index (κ3) is 3.65. The van der Waals surface area contributed by atoms with Crippen LogP contribution in [0.1, 0.15) is 29.0 Å². The summed E-state index contributed by atoms with van der Waals surface area (Å²) in [4.78, 5) is 1.12. The molecule has 1 aromatic carbocycles. The second-order valence-electron chi connectivity index (χ2n) is 4.66. The van der Waals surface area contributed by atoms with Crippen molar-refractivity contribution in [1.82, 2.24) is 5.32 Å². The van der Waals surface area contributed by atoms with Gasteiger partial charge in [0.2, 0.25) is 0 Å². The summed E-state index contributed by atoms with van der Waals surface area (Å²) in [6.07, 6.45) is 0.434. The molecule has 0 aliphatic rings. The fraction of sp³-hybridized carbons (Fsp3) is 0.333. The quantitative estimate of drug-likeness (QED) is 0.792. The highest BCUT2D eigenvalue weighted by Gasteiger charge is 2.17. The van der Waals surface area contributed by atoms with Gasteiger partial charge in [0.05, 0.1) is 3.79 Å². The predicted octanol–water partition coefficient (Wildman–Crippen LogP) is 4.99. The molecule has 1 atom stereocenters. The van der Waals surface area contributed by atoms with Crippen molar-refractivity contribution < 1.29 is 8.78 Å². The molecule has 0 saturated heterocycles. The van der Waals surface area contributed by atoms with Crippen LogP contribution < -0.4 is 5.32 Å². The third-order valence-electron chi connectivity index (χ3n) is 3.10. The summed E-state index contributed by atoms with van der Waals surface area (Å²) >= 11 is 5.13. The summed E-state index contributed by atoms with van der Waals surface area (Å²) in [5.41, 5.74) is 1.56. The summed E-state index contributed by atoms with van der Waals surface area (Å²) in [5.74, 6) is -0.762. The normalized spacial score (nSPS) is 12.7. The summed E-state index contributed by atoms with van der Waals surface area (Å²) in [7, 11) is 0. The van der Waals surface area contributed by atoms with Gasteiger partial charge in [0.25, 0.3) is 0 Å². The molecule has 5 heteroatoms. The van der Waals surface area contributed by atoms with E-state index in [-0.39, 0.29) is 11.9 Å². The summed E-state index contributed by atoms with van der Waals surface area (Å²) in [6.45, 7) is 4.80. The predicted molar refractivity (Wildman–Crippen MR) is 83.2 cm³/mol. The molecule has 1 aromatic heterocycles. The molecule has 0 fully saturated rings. The first kappa shape index (κ1) is 15.6. The van der Waals surface area contributed by atoms with Gasteiger partial charge in [-0.25, -0.2) is 8.78 Å². The molecular weight excluding hydrogens is 344 g/mol. The number of hydrogen-bond donors (Lipinski definition) is 1. The van der Waals surface area contributed by atoms with Gasteiger partial charge in [-0.15, -0.1) is 11.3 Å². The van der Waals surface area contributed by atoms with E-state index in [1.807, 2.05) is 13.8 Å². The van der Waals surface area contributed by atoms with Crippen LogP contribution in [0.3, 0.4) is 0 Å². The van der Waals surface area contributed by atoms with E-state index in [9.17, 15) is 8.78 Å². The number of aryl methyl sites for hydroxylation is 1. The number of halogens is 3. The Bertz CT molecular complexity index is 578. The first-order valence-electron chi connectivity index (χ1n) is 6.44. The van der Waals surface area contributed by atoms with E-state index >= 15 is 0 Å². The molecule has 0 aliphatic heterocycles.